The normalized spacial score (nSPS) is 12.4. The summed E-state index contributed by atoms with van der Waals surface area (Å²) in [6.07, 6.45) is 0.577. The van der Waals surface area contributed by atoms with Crippen LogP contribution >= 0.6 is 0 Å². The summed E-state index contributed by atoms with van der Waals surface area (Å²) in [7, 11) is 0. The molecule has 2 rings (SSSR count). The Morgan fingerprint density at radius 1 is 1.33 bits per heavy atom. The van der Waals surface area contributed by atoms with Gasteiger partial charge in [-0.1, -0.05) is 18.2 Å². The summed E-state index contributed by atoms with van der Waals surface area (Å²) in [4.78, 5) is 19.0. The summed E-state index contributed by atoms with van der Waals surface area (Å²) in [5.74, 6) is 0.415. The Morgan fingerprint density at radius 3 is 2.71 bits per heavy atom. The van der Waals surface area contributed by atoms with E-state index in [1.54, 1.807) is 19.1 Å². The molecular weight excluding hydrogens is 269 g/mol. The fourth-order valence-corrected chi connectivity index (χ4v) is 2.47. The van der Waals surface area contributed by atoms with E-state index in [9.17, 15) is 9.18 Å². The van der Waals surface area contributed by atoms with E-state index < -0.39 is 0 Å². The van der Waals surface area contributed by atoms with Crippen LogP contribution in [0.25, 0.3) is 0 Å². The van der Waals surface area contributed by atoms with Gasteiger partial charge in [0.05, 0.1) is 5.56 Å². The first-order chi connectivity index (χ1) is 9.99. The Bertz CT molecular complexity index is 681. The first-order valence-corrected chi connectivity index (χ1v) is 7.03. The molecule has 0 radical (unpaired) electrons. The van der Waals surface area contributed by atoms with Crippen LogP contribution in [0.3, 0.4) is 0 Å². The van der Waals surface area contributed by atoms with E-state index in [1.165, 1.54) is 6.07 Å². The van der Waals surface area contributed by atoms with E-state index in [4.69, 9.17) is 0 Å². The molecular formula is C16H20FN3O. The van der Waals surface area contributed by atoms with E-state index in [0.717, 1.165) is 5.69 Å². The maximum Gasteiger partial charge on any atom is 0.255 e. The maximum atomic E-state index is 13.5. The third kappa shape index (κ3) is 3.76. The summed E-state index contributed by atoms with van der Waals surface area (Å²) in [6, 6.07) is 6.59. The minimum absolute atomic E-state index is 0.120. The van der Waals surface area contributed by atoms with Crippen molar-refractivity contribution < 1.29 is 4.39 Å². The minimum atomic E-state index is -0.196. The molecule has 112 valence electrons. The fraction of sp³-hybridized carbons (Fsp3) is 0.375. The van der Waals surface area contributed by atoms with E-state index in [-0.39, 0.29) is 17.4 Å². The Labute approximate surface area is 123 Å². The summed E-state index contributed by atoms with van der Waals surface area (Å²) >= 11 is 0. The zero-order valence-electron chi connectivity index (χ0n) is 12.5. The molecule has 0 aliphatic rings. The molecule has 2 aromatic rings. The highest BCUT2D eigenvalue weighted by molar-refractivity contribution is 5.21. The highest BCUT2D eigenvalue weighted by atomic mass is 19.1. The summed E-state index contributed by atoms with van der Waals surface area (Å²) in [5.41, 5.74) is 1.91. The number of hydrogen-bond donors (Lipinski definition) is 2. The zero-order valence-corrected chi connectivity index (χ0v) is 12.5. The number of nitrogens with zero attached hydrogens (tertiary/aromatic N) is 1. The van der Waals surface area contributed by atoms with Crippen molar-refractivity contribution in [1.29, 1.82) is 0 Å². The highest BCUT2D eigenvalue weighted by Crippen LogP contribution is 2.11. The minimum Gasteiger partial charge on any atom is -0.310 e. The topological polar surface area (TPSA) is 57.8 Å². The second kappa shape index (κ2) is 6.63. The van der Waals surface area contributed by atoms with Gasteiger partial charge in [0.25, 0.3) is 5.56 Å². The van der Waals surface area contributed by atoms with Gasteiger partial charge in [-0.05, 0) is 45.4 Å². The van der Waals surface area contributed by atoms with Gasteiger partial charge in [0.2, 0.25) is 0 Å². The third-order valence-electron chi connectivity index (χ3n) is 3.50. The van der Waals surface area contributed by atoms with E-state index in [0.29, 0.717) is 29.9 Å². The molecule has 1 unspecified atom stereocenters. The van der Waals surface area contributed by atoms with Crippen LogP contribution in [0.2, 0.25) is 0 Å². The van der Waals surface area contributed by atoms with Crippen LogP contribution in [-0.4, -0.2) is 16.5 Å². The van der Waals surface area contributed by atoms with Crippen molar-refractivity contribution in [2.75, 3.05) is 6.54 Å². The second-order valence-electron chi connectivity index (χ2n) is 5.17. The number of halogens is 1. The van der Waals surface area contributed by atoms with Gasteiger partial charge >= 0.3 is 0 Å². The molecule has 0 amide bonds. The van der Waals surface area contributed by atoms with Crippen molar-refractivity contribution in [1.82, 2.24) is 15.3 Å². The van der Waals surface area contributed by atoms with Crippen molar-refractivity contribution in [3.8, 4) is 0 Å². The van der Waals surface area contributed by atoms with Crippen molar-refractivity contribution in [2.45, 2.75) is 33.2 Å². The summed E-state index contributed by atoms with van der Waals surface area (Å²) < 4.78 is 13.5. The number of hydrogen-bond acceptors (Lipinski definition) is 3. The lowest BCUT2D eigenvalue weighted by atomic mass is 10.1. The SMILES string of the molecule is Cc1nc(C)c(C(C)NCCc2ccccc2F)c(=O)[nH]1. The molecule has 5 heteroatoms. The number of benzene rings is 1. The lowest BCUT2D eigenvalue weighted by Gasteiger charge is -2.15. The number of aryl methyl sites for hydroxylation is 2. The van der Waals surface area contributed by atoms with Crippen LogP contribution in [0.5, 0.6) is 0 Å². The average molecular weight is 289 g/mol. The van der Waals surface area contributed by atoms with Gasteiger partial charge in [0.15, 0.2) is 0 Å². The molecule has 1 heterocycles. The number of aromatic nitrogens is 2. The number of nitrogens with one attached hydrogen (secondary N) is 2. The van der Waals surface area contributed by atoms with E-state index in [2.05, 4.69) is 15.3 Å². The summed E-state index contributed by atoms with van der Waals surface area (Å²) in [5, 5.41) is 3.25. The fourth-order valence-electron chi connectivity index (χ4n) is 2.47. The number of aromatic amines is 1. The standard InChI is InChI=1S/C16H20FN3O/c1-10(15-11(2)19-12(3)20-16(15)21)18-9-8-13-6-4-5-7-14(13)17/h4-7,10,18H,8-9H2,1-3H3,(H,19,20,21). The molecule has 0 bridgehead atoms. The molecule has 2 N–H and O–H groups in total. The van der Waals surface area contributed by atoms with Crippen LogP contribution in [0.1, 0.15) is 35.6 Å². The lowest BCUT2D eigenvalue weighted by Crippen LogP contribution is -2.29. The van der Waals surface area contributed by atoms with Crippen LogP contribution < -0.4 is 10.9 Å². The molecule has 0 aliphatic heterocycles. The van der Waals surface area contributed by atoms with Crippen molar-refractivity contribution in [3.05, 3.63) is 63.1 Å². The van der Waals surface area contributed by atoms with E-state index >= 15 is 0 Å². The van der Waals surface area contributed by atoms with Gasteiger partial charge in [0, 0.05) is 11.7 Å². The maximum absolute atomic E-state index is 13.5. The quantitative estimate of drug-likeness (QED) is 0.888. The summed E-state index contributed by atoms with van der Waals surface area (Å²) in [6.45, 7) is 6.09. The lowest BCUT2D eigenvalue weighted by molar-refractivity contribution is 0.551. The van der Waals surface area contributed by atoms with Gasteiger partial charge < -0.3 is 10.3 Å². The van der Waals surface area contributed by atoms with Crippen molar-refractivity contribution in [2.24, 2.45) is 0 Å². The second-order valence-corrected chi connectivity index (χ2v) is 5.17. The molecule has 21 heavy (non-hydrogen) atoms. The monoisotopic (exact) mass is 289 g/mol. The Balaban J connectivity index is 2.01. The molecule has 4 nitrogen and oxygen atoms in total. The van der Waals surface area contributed by atoms with Crippen LogP contribution in [-0.2, 0) is 6.42 Å². The van der Waals surface area contributed by atoms with Gasteiger partial charge in [-0.25, -0.2) is 9.37 Å². The van der Waals surface area contributed by atoms with Crippen molar-refractivity contribution in [3.63, 3.8) is 0 Å². The Hall–Kier alpha value is -2.01. The molecule has 1 aromatic heterocycles. The Kier molecular flexibility index (Phi) is 4.85. The molecule has 0 fully saturated rings. The molecule has 0 saturated heterocycles. The third-order valence-corrected chi connectivity index (χ3v) is 3.50. The predicted octanol–water partition coefficient (Wildman–Crippen LogP) is 2.42. The molecule has 0 saturated carbocycles. The molecule has 1 aromatic carbocycles. The van der Waals surface area contributed by atoms with Gasteiger partial charge in [0.1, 0.15) is 11.6 Å². The average Bonchev–Trinajstić information content (AvgIpc) is 2.39. The molecule has 0 aliphatic carbocycles. The predicted molar refractivity (Wildman–Crippen MR) is 80.9 cm³/mol. The van der Waals surface area contributed by atoms with Crippen molar-refractivity contribution >= 4 is 0 Å². The highest BCUT2D eigenvalue weighted by Gasteiger charge is 2.14. The van der Waals surface area contributed by atoms with Crippen LogP contribution in [0.4, 0.5) is 4.39 Å². The van der Waals surface area contributed by atoms with Gasteiger partial charge in [-0.3, -0.25) is 4.79 Å². The first kappa shape index (κ1) is 15.4. The van der Waals surface area contributed by atoms with E-state index in [1.807, 2.05) is 19.9 Å². The molecule has 0 spiro atoms. The van der Waals surface area contributed by atoms with Crippen LogP contribution in [0, 0.1) is 19.7 Å². The zero-order chi connectivity index (χ0) is 15.4. The number of rotatable bonds is 5. The largest absolute Gasteiger partial charge is 0.310 e. The van der Waals surface area contributed by atoms with Gasteiger partial charge in [-0.15, -0.1) is 0 Å². The first-order valence-electron chi connectivity index (χ1n) is 7.03. The van der Waals surface area contributed by atoms with Gasteiger partial charge in [-0.2, -0.15) is 0 Å². The molecule has 1 atom stereocenters. The number of H-pyrrole nitrogens is 1. The Morgan fingerprint density at radius 2 is 2.05 bits per heavy atom. The van der Waals surface area contributed by atoms with Crippen LogP contribution in [0.15, 0.2) is 29.1 Å². The smallest absolute Gasteiger partial charge is 0.255 e.